The van der Waals surface area contributed by atoms with Crippen LogP contribution in [0.4, 0.5) is 11.6 Å². The first-order valence-electron chi connectivity index (χ1n) is 13.6. The van der Waals surface area contributed by atoms with Crippen molar-refractivity contribution in [3.8, 4) is 11.6 Å². The maximum absolute atomic E-state index is 13.5. The van der Waals surface area contributed by atoms with Gasteiger partial charge in [-0.05, 0) is 75.2 Å². The molecule has 1 spiro atoms. The number of likely N-dealkylation sites (N-methyl/N-ethyl adjacent to an activating group) is 1. The van der Waals surface area contributed by atoms with Crippen LogP contribution in [0.15, 0.2) is 76.6 Å². The Morgan fingerprint density at radius 2 is 1.80 bits per heavy atom. The molecule has 4 aromatic heterocycles. The number of aromatic nitrogens is 6. The van der Waals surface area contributed by atoms with E-state index >= 15 is 0 Å². The van der Waals surface area contributed by atoms with Gasteiger partial charge in [0, 0.05) is 48.7 Å². The molecule has 10 heteroatoms. The molecule has 10 nitrogen and oxygen atoms in total. The third-order valence-electron chi connectivity index (χ3n) is 7.92. The maximum Gasteiger partial charge on any atom is 0.278 e. The Hall–Kier alpha value is -4.57. The van der Waals surface area contributed by atoms with E-state index in [2.05, 4.69) is 40.4 Å². The van der Waals surface area contributed by atoms with E-state index in [0.717, 1.165) is 18.8 Å². The molecule has 0 saturated heterocycles. The number of fused-ring (bicyclic) bond motifs is 3. The van der Waals surface area contributed by atoms with Crippen molar-refractivity contribution in [2.45, 2.75) is 44.7 Å². The van der Waals surface area contributed by atoms with Gasteiger partial charge in [-0.2, -0.15) is 4.98 Å². The summed E-state index contributed by atoms with van der Waals surface area (Å²) in [7, 11) is 2.18. The average Bonchev–Trinajstić information content (AvgIpc) is 3.63. The summed E-state index contributed by atoms with van der Waals surface area (Å²) < 4.78 is 4.80. The molecule has 1 aromatic carbocycles. The molecule has 1 saturated carbocycles. The van der Waals surface area contributed by atoms with Gasteiger partial charge >= 0.3 is 0 Å². The van der Waals surface area contributed by atoms with Gasteiger partial charge in [-0.25, -0.2) is 19.3 Å². The van der Waals surface area contributed by atoms with Crippen LogP contribution in [-0.4, -0.2) is 47.4 Å². The average molecular weight is 535 g/mol. The summed E-state index contributed by atoms with van der Waals surface area (Å²) in [4.78, 5) is 42.3. The number of hydrogen-bond acceptors (Lipinski definition) is 7. The minimum atomic E-state index is -0.202. The fourth-order valence-corrected chi connectivity index (χ4v) is 6.00. The molecule has 0 amide bonds. The molecule has 1 N–H and O–H groups in total. The molecule has 7 rings (SSSR count). The highest BCUT2D eigenvalue weighted by atomic mass is 16.1. The highest BCUT2D eigenvalue weighted by molar-refractivity contribution is 5.77. The number of hydrogen-bond donors (Lipinski definition) is 1. The summed E-state index contributed by atoms with van der Waals surface area (Å²) in [6, 6.07) is 16.7. The van der Waals surface area contributed by atoms with Gasteiger partial charge in [-0.15, -0.1) is 0 Å². The molecule has 0 radical (unpaired) electrons. The molecule has 5 heterocycles. The van der Waals surface area contributed by atoms with Gasteiger partial charge in [0.25, 0.3) is 11.1 Å². The predicted octanol–water partition coefficient (Wildman–Crippen LogP) is 3.93. The lowest BCUT2D eigenvalue weighted by Crippen LogP contribution is -2.35. The van der Waals surface area contributed by atoms with E-state index in [1.807, 2.05) is 19.9 Å². The monoisotopic (exact) mass is 534 g/mol. The highest BCUT2D eigenvalue weighted by Gasteiger charge is 2.48. The Bertz CT molecular complexity index is 1900. The van der Waals surface area contributed by atoms with Gasteiger partial charge in [-0.1, -0.05) is 18.2 Å². The number of nitrogens with one attached hydrogen (secondary N) is 1. The third-order valence-corrected chi connectivity index (χ3v) is 7.92. The van der Waals surface area contributed by atoms with Crippen LogP contribution >= 0.6 is 0 Å². The minimum Gasteiger partial charge on any atom is -0.324 e. The standard InChI is InChI=1S/C30H30N8O2/c1-19(2)37-28(40)22-16-31-29(32-21-10-11-23-20(15-21)17-35(3)18-30(23)12-13-30)34-27(22)38(37)25-8-6-7-24(33-25)36-14-5-4-9-26(36)39/h4-11,14-16,19H,12-13,17-18H2,1-3H3,(H,31,32,34). The van der Waals surface area contributed by atoms with Crippen LogP contribution in [0, 0.1) is 0 Å². The molecule has 1 aliphatic heterocycles. The molecule has 0 atom stereocenters. The lowest BCUT2D eigenvalue weighted by molar-refractivity contribution is 0.271. The third kappa shape index (κ3) is 3.94. The smallest absolute Gasteiger partial charge is 0.278 e. The van der Waals surface area contributed by atoms with Crippen LogP contribution in [0.2, 0.25) is 0 Å². The van der Waals surface area contributed by atoms with E-state index in [9.17, 15) is 9.59 Å². The first-order chi connectivity index (χ1) is 19.3. The molecule has 0 unspecified atom stereocenters. The molecule has 2 aliphatic rings. The van der Waals surface area contributed by atoms with Gasteiger partial charge in [0.1, 0.15) is 11.2 Å². The summed E-state index contributed by atoms with van der Waals surface area (Å²) in [6.07, 6.45) is 5.73. The zero-order valence-corrected chi connectivity index (χ0v) is 22.7. The van der Waals surface area contributed by atoms with Crippen LogP contribution in [0.3, 0.4) is 0 Å². The van der Waals surface area contributed by atoms with Crippen molar-refractivity contribution in [3.05, 3.63) is 98.8 Å². The summed E-state index contributed by atoms with van der Waals surface area (Å²) in [5.74, 6) is 1.32. The number of rotatable bonds is 5. The largest absolute Gasteiger partial charge is 0.324 e. The van der Waals surface area contributed by atoms with Gasteiger partial charge in [0.05, 0.1) is 0 Å². The van der Waals surface area contributed by atoms with Crippen LogP contribution in [0.5, 0.6) is 0 Å². The van der Waals surface area contributed by atoms with Crippen LogP contribution < -0.4 is 16.4 Å². The lowest BCUT2D eigenvalue weighted by atomic mass is 9.87. The fourth-order valence-electron chi connectivity index (χ4n) is 6.00. The highest BCUT2D eigenvalue weighted by Crippen LogP contribution is 2.52. The van der Waals surface area contributed by atoms with Crippen LogP contribution in [-0.2, 0) is 12.0 Å². The van der Waals surface area contributed by atoms with Crippen molar-refractivity contribution >= 4 is 22.7 Å². The topological polar surface area (TPSA) is 103 Å². The Morgan fingerprint density at radius 3 is 2.58 bits per heavy atom. The molecule has 202 valence electrons. The van der Waals surface area contributed by atoms with E-state index in [-0.39, 0.29) is 17.2 Å². The van der Waals surface area contributed by atoms with E-state index in [0.29, 0.717) is 34.0 Å². The van der Waals surface area contributed by atoms with E-state index in [1.165, 1.54) is 34.6 Å². The number of nitrogens with zero attached hydrogens (tertiary/aromatic N) is 7. The quantitative estimate of drug-likeness (QED) is 0.365. The van der Waals surface area contributed by atoms with E-state index in [4.69, 9.17) is 9.97 Å². The van der Waals surface area contributed by atoms with Gasteiger partial charge in [-0.3, -0.25) is 14.2 Å². The minimum absolute atomic E-state index is 0.171. The zero-order chi connectivity index (χ0) is 27.6. The fraction of sp³-hybridized carbons (Fsp3) is 0.300. The SMILES string of the molecule is CC(C)n1c(=O)c2cnc(Nc3ccc4c(c3)CN(C)CC43CC3)nc2n1-c1cccc(-n2ccccc2=O)n1. The zero-order valence-electron chi connectivity index (χ0n) is 22.7. The summed E-state index contributed by atoms with van der Waals surface area (Å²) >= 11 is 0. The Labute approximate surface area is 230 Å². The van der Waals surface area contributed by atoms with Gasteiger partial charge in [0.2, 0.25) is 5.95 Å². The van der Waals surface area contributed by atoms with Crippen molar-refractivity contribution in [3.63, 3.8) is 0 Å². The van der Waals surface area contributed by atoms with Crippen molar-refractivity contribution in [2.75, 3.05) is 18.9 Å². The normalized spacial score (nSPS) is 16.0. The van der Waals surface area contributed by atoms with Gasteiger partial charge in [0.15, 0.2) is 11.5 Å². The lowest BCUT2D eigenvalue weighted by Gasteiger charge is -2.32. The maximum atomic E-state index is 13.5. The molecule has 40 heavy (non-hydrogen) atoms. The van der Waals surface area contributed by atoms with Crippen molar-refractivity contribution < 1.29 is 0 Å². The van der Waals surface area contributed by atoms with E-state index < -0.39 is 0 Å². The van der Waals surface area contributed by atoms with Crippen molar-refractivity contribution in [1.29, 1.82) is 0 Å². The summed E-state index contributed by atoms with van der Waals surface area (Å²) in [5, 5.41) is 3.75. The van der Waals surface area contributed by atoms with Crippen LogP contribution in [0.1, 0.15) is 43.9 Å². The predicted molar refractivity (Wildman–Crippen MR) is 154 cm³/mol. The van der Waals surface area contributed by atoms with Crippen molar-refractivity contribution in [1.82, 2.24) is 33.8 Å². The number of benzene rings is 1. The second kappa shape index (κ2) is 8.99. The molecule has 1 aliphatic carbocycles. The second-order valence-corrected chi connectivity index (χ2v) is 11.2. The molecular weight excluding hydrogens is 504 g/mol. The number of pyridine rings is 2. The molecule has 0 bridgehead atoms. The Morgan fingerprint density at radius 1 is 0.975 bits per heavy atom. The van der Waals surface area contributed by atoms with Gasteiger partial charge < -0.3 is 10.2 Å². The Kier molecular flexibility index (Phi) is 5.50. The molecular formula is C30H30N8O2. The summed E-state index contributed by atoms with van der Waals surface area (Å²) in [6.45, 7) is 5.90. The molecule has 1 fully saturated rings. The first-order valence-corrected chi connectivity index (χ1v) is 13.6. The second-order valence-electron chi connectivity index (χ2n) is 11.2. The first kappa shape index (κ1) is 24.5. The Balaban J connectivity index is 1.32. The van der Waals surface area contributed by atoms with Crippen molar-refractivity contribution in [2.24, 2.45) is 0 Å². The van der Waals surface area contributed by atoms with E-state index in [1.54, 1.807) is 46.0 Å². The summed E-state index contributed by atoms with van der Waals surface area (Å²) in [5.41, 5.74) is 4.06. The molecule has 5 aromatic rings. The number of anilines is 2. The van der Waals surface area contributed by atoms with Crippen LogP contribution in [0.25, 0.3) is 22.7 Å².